The normalized spacial score (nSPS) is 19.2. The smallest absolute Gasteiger partial charge is 0.0897 e. The number of aliphatic hydroxyl groups is 1. The maximum absolute atomic E-state index is 9.87. The molecule has 1 heterocycles. The van der Waals surface area contributed by atoms with E-state index in [4.69, 9.17) is 0 Å². The molecule has 2 heteroatoms. The van der Waals surface area contributed by atoms with E-state index in [1.54, 1.807) is 0 Å². The van der Waals surface area contributed by atoms with Crippen LogP contribution in [0.5, 0.6) is 0 Å². The second-order valence-electron chi connectivity index (χ2n) is 5.76. The minimum Gasteiger partial charge on any atom is -0.387 e. The van der Waals surface area contributed by atoms with Gasteiger partial charge in [-0.3, -0.25) is 4.90 Å². The van der Waals surface area contributed by atoms with Crippen molar-refractivity contribution in [2.24, 2.45) is 0 Å². The zero-order chi connectivity index (χ0) is 12.6. The van der Waals surface area contributed by atoms with Gasteiger partial charge in [0.25, 0.3) is 0 Å². The summed E-state index contributed by atoms with van der Waals surface area (Å²) in [6, 6.07) is 0. The molecule has 0 radical (unpaired) electrons. The molecule has 0 spiro atoms. The molecule has 2 nitrogen and oxygen atoms in total. The fourth-order valence-corrected chi connectivity index (χ4v) is 2.64. The van der Waals surface area contributed by atoms with Crippen molar-refractivity contribution < 1.29 is 5.11 Å². The average Bonchev–Trinajstić information content (AvgIpc) is 2.29. The maximum Gasteiger partial charge on any atom is 0.0897 e. The number of unbranched alkanes of at least 4 members (excludes halogenated alkanes) is 7. The van der Waals surface area contributed by atoms with Crippen LogP contribution in [0, 0.1) is 0 Å². The third-order valence-electron chi connectivity index (χ3n) is 4.02. The third-order valence-corrected chi connectivity index (χ3v) is 4.02. The molecule has 0 aromatic rings. The van der Waals surface area contributed by atoms with Gasteiger partial charge in [0.2, 0.25) is 0 Å². The summed E-state index contributed by atoms with van der Waals surface area (Å²) in [6.45, 7) is 7.34. The van der Waals surface area contributed by atoms with E-state index >= 15 is 0 Å². The van der Waals surface area contributed by atoms with Crippen molar-refractivity contribution in [1.82, 2.24) is 4.90 Å². The van der Waals surface area contributed by atoms with Gasteiger partial charge in [0, 0.05) is 13.1 Å². The Morgan fingerprint density at radius 2 is 1.41 bits per heavy atom. The number of nitrogens with zero attached hydrogens (tertiary/aromatic N) is 1. The minimum absolute atomic E-state index is 0.347. The molecule has 0 atom stereocenters. The van der Waals surface area contributed by atoms with E-state index in [0.29, 0.717) is 0 Å². The van der Waals surface area contributed by atoms with Gasteiger partial charge in [-0.15, -0.1) is 0 Å². The highest BCUT2D eigenvalue weighted by Gasteiger charge is 2.38. The Kier molecular flexibility index (Phi) is 7.14. The van der Waals surface area contributed by atoms with Gasteiger partial charge >= 0.3 is 0 Å². The van der Waals surface area contributed by atoms with Crippen molar-refractivity contribution in [1.29, 1.82) is 0 Å². The summed E-state index contributed by atoms with van der Waals surface area (Å²) in [4.78, 5) is 2.39. The van der Waals surface area contributed by atoms with Crippen molar-refractivity contribution in [3.8, 4) is 0 Å². The van der Waals surface area contributed by atoms with Gasteiger partial charge in [-0.05, 0) is 19.4 Å². The lowest BCUT2D eigenvalue weighted by molar-refractivity contribution is -0.0995. The summed E-state index contributed by atoms with van der Waals surface area (Å²) in [6.07, 6.45) is 12.0. The van der Waals surface area contributed by atoms with Crippen molar-refractivity contribution in [3.05, 3.63) is 0 Å². The first-order valence-corrected chi connectivity index (χ1v) is 7.65. The number of likely N-dealkylation sites (tertiary alicyclic amines) is 1. The lowest BCUT2D eigenvalue weighted by atomic mass is 9.91. The average molecular weight is 241 g/mol. The Bertz CT molecular complexity index is 187. The van der Waals surface area contributed by atoms with Crippen LogP contribution in [0.2, 0.25) is 0 Å². The lowest BCUT2D eigenvalue weighted by Crippen LogP contribution is -2.61. The van der Waals surface area contributed by atoms with Gasteiger partial charge < -0.3 is 5.11 Å². The molecule has 0 bridgehead atoms. The maximum atomic E-state index is 9.87. The molecule has 1 N–H and O–H groups in total. The highest BCUT2D eigenvalue weighted by molar-refractivity contribution is 4.93. The van der Waals surface area contributed by atoms with Crippen molar-refractivity contribution in [2.45, 2.75) is 77.2 Å². The number of hydrogen-bond donors (Lipinski definition) is 1. The first-order chi connectivity index (χ1) is 8.20. The van der Waals surface area contributed by atoms with E-state index in [1.807, 2.05) is 0 Å². The van der Waals surface area contributed by atoms with Gasteiger partial charge in [0.1, 0.15) is 0 Å². The van der Waals surface area contributed by atoms with E-state index in [9.17, 15) is 5.11 Å². The second-order valence-corrected chi connectivity index (χ2v) is 5.76. The van der Waals surface area contributed by atoms with Crippen LogP contribution < -0.4 is 0 Å². The van der Waals surface area contributed by atoms with Crippen LogP contribution in [0.25, 0.3) is 0 Å². The monoisotopic (exact) mass is 241 g/mol. The molecule has 0 saturated carbocycles. The standard InChI is InChI=1S/C15H31NO/c1-3-5-6-7-8-9-10-11-12-16-13-15(17,4-2)14-16/h17H,3-14H2,1-2H3. The Balaban J connectivity index is 1.80. The largest absolute Gasteiger partial charge is 0.387 e. The summed E-state index contributed by atoms with van der Waals surface area (Å²) in [5.41, 5.74) is -0.347. The Labute approximate surface area is 107 Å². The zero-order valence-electron chi connectivity index (χ0n) is 11.9. The molecule has 0 unspecified atom stereocenters. The second kappa shape index (κ2) is 8.10. The summed E-state index contributed by atoms with van der Waals surface area (Å²) < 4.78 is 0. The van der Waals surface area contributed by atoms with Gasteiger partial charge in [-0.25, -0.2) is 0 Å². The van der Waals surface area contributed by atoms with Crippen molar-refractivity contribution in [2.75, 3.05) is 19.6 Å². The van der Waals surface area contributed by atoms with E-state index in [-0.39, 0.29) is 5.60 Å². The predicted octanol–water partition coefficient (Wildman–Crippen LogP) is 3.58. The van der Waals surface area contributed by atoms with Gasteiger partial charge in [0.15, 0.2) is 0 Å². The van der Waals surface area contributed by atoms with Crippen molar-refractivity contribution >= 4 is 0 Å². The molecule has 1 saturated heterocycles. The molecule has 0 amide bonds. The lowest BCUT2D eigenvalue weighted by Gasteiger charge is -2.46. The van der Waals surface area contributed by atoms with E-state index in [0.717, 1.165) is 19.5 Å². The fourth-order valence-electron chi connectivity index (χ4n) is 2.64. The van der Waals surface area contributed by atoms with Crippen LogP contribution in [0.1, 0.15) is 71.6 Å². The van der Waals surface area contributed by atoms with E-state index in [1.165, 1.54) is 57.9 Å². The topological polar surface area (TPSA) is 23.5 Å². The SMILES string of the molecule is CCCCCCCCCCN1CC(O)(CC)C1. The van der Waals surface area contributed by atoms with Crippen LogP contribution in [0.15, 0.2) is 0 Å². The molecular weight excluding hydrogens is 210 g/mol. The molecule has 0 aliphatic carbocycles. The summed E-state index contributed by atoms with van der Waals surface area (Å²) in [7, 11) is 0. The predicted molar refractivity (Wildman–Crippen MR) is 74.3 cm³/mol. The number of rotatable bonds is 10. The van der Waals surface area contributed by atoms with Crippen LogP contribution in [0.4, 0.5) is 0 Å². The molecule has 102 valence electrons. The van der Waals surface area contributed by atoms with Crippen LogP contribution in [-0.2, 0) is 0 Å². The van der Waals surface area contributed by atoms with Gasteiger partial charge in [0.05, 0.1) is 5.60 Å². The zero-order valence-corrected chi connectivity index (χ0v) is 11.9. The molecule has 1 aliphatic rings. The molecule has 1 fully saturated rings. The summed E-state index contributed by atoms with van der Waals surface area (Å²) >= 11 is 0. The van der Waals surface area contributed by atoms with Crippen LogP contribution >= 0.6 is 0 Å². The van der Waals surface area contributed by atoms with Crippen molar-refractivity contribution in [3.63, 3.8) is 0 Å². The quantitative estimate of drug-likeness (QED) is 0.591. The highest BCUT2D eigenvalue weighted by Crippen LogP contribution is 2.24. The van der Waals surface area contributed by atoms with Crippen LogP contribution in [0.3, 0.4) is 0 Å². The Hall–Kier alpha value is -0.0800. The minimum atomic E-state index is -0.347. The molecule has 17 heavy (non-hydrogen) atoms. The summed E-state index contributed by atoms with van der Waals surface area (Å²) in [5, 5.41) is 9.87. The fraction of sp³-hybridized carbons (Fsp3) is 1.00. The van der Waals surface area contributed by atoms with E-state index in [2.05, 4.69) is 18.7 Å². The molecular formula is C15H31NO. The Morgan fingerprint density at radius 1 is 0.882 bits per heavy atom. The first kappa shape index (κ1) is 15.0. The highest BCUT2D eigenvalue weighted by atomic mass is 16.3. The van der Waals surface area contributed by atoms with Crippen LogP contribution in [-0.4, -0.2) is 35.2 Å². The number of hydrogen-bond acceptors (Lipinski definition) is 2. The molecule has 0 aromatic carbocycles. The van der Waals surface area contributed by atoms with E-state index < -0.39 is 0 Å². The molecule has 0 aromatic heterocycles. The third kappa shape index (κ3) is 5.87. The molecule has 1 rings (SSSR count). The molecule has 1 aliphatic heterocycles. The van der Waals surface area contributed by atoms with Gasteiger partial charge in [-0.1, -0.05) is 58.8 Å². The van der Waals surface area contributed by atoms with Gasteiger partial charge in [-0.2, -0.15) is 0 Å². The first-order valence-electron chi connectivity index (χ1n) is 7.65. The summed E-state index contributed by atoms with van der Waals surface area (Å²) in [5.74, 6) is 0. The number of β-amino-alcohol motifs (C(OH)–C–C–N with tert-alkyl or cyclic N) is 1. The Morgan fingerprint density at radius 3 is 1.94 bits per heavy atom.